The first-order valence-corrected chi connectivity index (χ1v) is 10.4. The molecule has 162 valence electrons. The number of hydrogen-bond acceptors (Lipinski definition) is 4. The van der Waals surface area contributed by atoms with Crippen molar-refractivity contribution < 1.29 is 14.0 Å². The van der Waals surface area contributed by atoms with E-state index in [0.717, 1.165) is 17.9 Å². The van der Waals surface area contributed by atoms with Crippen LogP contribution in [0.15, 0.2) is 83.7 Å². The van der Waals surface area contributed by atoms with Gasteiger partial charge in [0, 0.05) is 43.2 Å². The monoisotopic (exact) mass is 428 g/mol. The lowest BCUT2D eigenvalue weighted by Gasteiger charge is -2.11. The lowest BCUT2D eigenvalue weighted by Crippen LogP contribution is -2.26. The summed E-state index contributed by atoms with van der Waals surface area (Å²) < 4.78 is 7.20. The van der Waals surface area contributed by atoms with Crippen LogP contribution in [0.2, 0.25) is 0 Å². The first-order chi connectivity index (χ1) is 15.6. The quantitative estimate of drug-likeness (QED) is 0.443. The number of aromatic nitrogens is 2. The molecule has 0 aliphatic carbocycles. The number of anilines is 1. The van der Waals surface area contributed by atoms with Gasteiger partial charge in [-0.1, -0.05) is 36.4 Å². The van der Waals surface area contributed by atoms with Crippen molar-refractivity contribution in [3.8, 4) is 0 Å². The number of carbonyl (C=O) groups excluding carboxylic acids is 2. The van der Waals surface area contributed by atoms with Crippen molar-refractivity contribution >= 4 is 17.5 Å². The van der Waals surface area contributed by atoms with Crippen molar-refractivity contribution in [3.63, 3.8) is 0 Å². The molecule has 2 amide bonds. The van der Waals surface area contributed by atoms with Gasteiger partial charge in [-0.2, -0.15) is 0 Å². The molecular formula is C25H24N4O3. The lowest BCUT2D eigenvalue weighted by molar-refractivity contribution is 0.0951. The van der Waals surface area contributed by atoms with Gasteiger partial charge in [-0.05, 0) is 42.3 Å². The Morgan fingerprint density at radius 2 is 1.88 bits per heavy atom. The number of rotatable bonds is 8. The normalized spacial score (nSPS) is 10.7. The van der Waals surface area contributed by atoms with E-state index < -0.39 is 0 Å². The number of nitrogens with zero attached hydrogens (tertiary/aromatic N) is 2. The van der Waals surface area contributed by atoms with Gasteiger partial charge >= 0.3 is 0 Å². The number of furan rings is 1. The zero-order chi connectivity index (χ0) is 22.3. The molecule has 0 saturated carbocycles. The predicted octanol–water partition coefficient (Wildman–Crippen LogP) is 4.06. The highest BCUT2D eigenvalue weighted by Gasteiger charge is 2.13. The number of aryl methyl sites for hydroxylation is 1. The predicted molar refractivity (Wildman–Crippen MR) is 122 cm³/mol. The van der Waals surface area contributed by atoms with E-state index in [4.69, 9.17) is 4.42 Å². The zero-order valence-corrected chi connectivity index (χ0v) is 17.7. The third-order valence-corrected chi connectivity index (χ3v) is 5.12. The van der Waals surface area contributed by atoms with Gasteiger partial charge in [-0.25, -0.2) is 4.98 Å². The summed E-state index contributed by atoms with van der Waals surface area (Å²) in [5, 5.41) is 5.72. The Bertz CT molecular complexity index is 1200. The molecule has 7 nitrogen and oxygen atoms in total. The van der Waals surface area contributed by atoms with Crippen LogP contribution in [0.25, 0.3) is 0 Å². The summed E-state index contributed by atoms with van der Waals surface area (Å²) in [7, 11) is 0. The Morgan fingerprint density at radius 3 is 2.66 bits per heavy atom. The van der Waals surface area contributed by atoms with Gasteiger partial charge in [0.2, 0.25) is 0 Å². The van der Waals surface area contributed by atoms with E-state index in [1.807, 2.05) is 31.3 Å². The highest BCUT2D eigenvalue weighted by molar-refractivity contribution is 6.03. The molecule has 0 spiro atoms. The maximum Gasteiger partial charge on any atom is 0.291 e. The zero-order valence-electron chi connectivity index (χ0n) is 17.7. The summed E-state index contributed by atoms with van der Waals surface area (Å²) in [4.78, 5) is 29.3. The Kier molecular flexibility index (Phi) is 6.46. The largest absolute Gasteiger partial charge is 0.459 e. The Balaban J connectivity index is 1.35. The van der Waals surface area contributed by atoms with E-state index in [1.165, 1.54) is 11.8 Å². The van der Waals surface area contributed by atoms with Crippen LogP contribution in [-0.4, -0.2) is 27.9 Å². The molecule has 2 heterocycles. The van der Waals surface area contributed by atoms with E-state index in [2.05, 4.69) is 32.3 Å². The molecule has 0 saturated heterocycles. The summed E-state index contributed by atoms with van der Waals surface area (Å²) in [6.45, 7) is 3.05. The van der Waals surface area contributed by atoms with Gasteiger partial charge in [-0.3, -0.25) is 9.59 Å². The topological polar surface area (TPSA) is 89.2 Å². The minimum atomic E-state index is -0.360. The first-order valence-electron chi connectivity index (χ1n) is 10.4. The van der Waals surface area contributed by atoms with Crippen LogP contribution in [0.3, 0.4) is 0 Å². The van der Waals surface area contributed by atoms with Gasteiger partial charge in [-0.15, -0.1) is 0 Å². The second-order valence-electron chi connectivity index (χ2n) is 7.42. The van der Waals surface area contributed by atoms with E-state index in [9.17, 15) is 9.59 Å². The fourth-order valence-electron chi connectivity index (χ4n) is 3.37. The molecule has 0 aliphatic rings. The molecule has 7 heteroatoms. The standard InChI is InChI=1S/C25H24N4O3/c1-18-9-10-20(16-21(18)28-25(31)22-8-5-15-32-22)24(30)27-12-11-23-26-13-14-29(23)17-19-6-3-2-4-7-19/h2-10,13-16H,11-12,17H2,1H3,(H,27,30)(H,28,31). The number of amides is 2. The maximum atomic E-state index is 12.7. The molecule has 0 bridgehead atoms. The number of hydrogen-bond donors (Lipinski definition) is 2. The number of imidazole rings is 1. The maximum absolute atomic E-state index is 12.7. The molecule has 4 aromatic rings. The third kappa shape index (κ3) is 5.13. The average Bonchev–Trinajstić information content (AvgIpc) is 3.49. The van der Waals surface area contributed by atoms with Crippen LogP contribution in [0.5, 0.6) is 0 Å². The third-order valence-electron chi connectivity index (χ3n) is 5.12. The van der Waals surface area contributed by atoms with Crippen LogP contribution in [0, 0.1) is 6.92 Å². The first kappa shape index (κ1) is 21.1. The number of nitrogens with one attached hydrogen (secondary N) is 2. The summed E-state index contributed by atoms with van der Waals surface area (Å²) >= 11 is 0. The van der Waals surface area contributed by atoms with Gasteiger partial charge in [0.25, 0.3) is 11.8 Å². The van der Waals surface area contributed by atoms with Gasteiger partial charge < -0.3 is 19.6 Å². The fourth-order valence-corrected chi connectivity index (χ4v) is 3.37. The van der Waals surface area contributed by atoms with Crippen molar-refractivity contribution in [1.29, 1.82) is 0 Å². The summed E-state index contributed by atoms with van der Waals surface area (Å²) in [6.07, 6.45) is 5.77. The lowest BCUT2D eigenvalue weighted by atomic mass is 10.1. The van der Waals surface area contributed by atoms with Crippen LogP contribution < -0.4 is 10.6 Å². The molecule has 0 unspecified atom stereocenters. The van der Waals surface area contributed by atoms with E-state index in [0.29, 0.717) is 24.2 Å². The summed E-state index contributed by atoms with van der Waals surface area (Å²) in [6, 6.07) is 18.6. The van der Waals surface area contributed by atoms with Crippen molar-refractivity contribution in [2.75, 3.05) is 11.9 Å². The van der Waals surface area contributed by atoms with Crippen molar-refractivity contribution in [2.45, 2.75) is 19.9 Å². The second-order valence-corrected chi connectivity index (χ2v) is 7.42. The van der Waals surface area contributed by atoms with E-state index in [1.54, 1.807) is 36.5 Å². The molecule has 0 atom stereocenters. The summed E-state index contributed by atoms with van der Waals surface area (Å²) in [5.41, 5.74) is 3.08. The van der Waals surface area contributed by atoms with Crippen LogP contribution in [-0.2, 0) is 13.0 Å². The van der Waals surface area contributed by atoms with Gasteiger partial charge in [0.05, 0.1) is 6.26 Å². The highest BCUT2D eigenvalue weighted by Crippen LogP contribution is 2.18. The number of benzene rings is 2. The Hall–Kier alpha value is -4.13. The van der Waals surface area contributed by atoms with Crippen molar-refractivity contribution in [3.05, 3.63) is 108 Å². The average molecular weight is 428 g/mol. The molecule has 0 fully saturated rings. The minimum Gasteiger partial charge on any atom is -0.459 e. The van der Waals surface area contributed by atoms with Crippen molar-refractivity contribution in [2.24, 2.45) is 0 Å². The molecule has 2 aromatic heterocycles. The molecule has 4 rings (SSSR count). The second kappa shape index (κ2) is 9.78. The Labute approximate surface area is 186 Å². The molecule has 0 radical (unpaired) electrons. The van der Waals surface area contributed by atoms with E-state index >= 15 is 0 Å². The highest BCUT2D eigenvalue weighted by atomic mass is 16.3. The Morgan fingerprint density at radius 1 is 1.03 bits per heavy atom. The molecule has 2 N–H and O–H groups in total. The SMILES string of the molecule is Cc1ccc(C(=O)NCCc2nccn2Cc2ccccc2)cc1NC(=O)c1ccco1. The smallest absolute Gasteiger partial charge is 0.291 e. The number of carbonyl (C=O) groups is 2. The molecule has 0 aliphatic heterocycles. The molecule has 32 heavy (non-hydrogen) atoms. The van der Waals surface area contributed by atoms with Gasteiger partial charge in [0.15, 0.2) is 5.76 Å². The van der Waals surface area contributed by atoms with Crippen LogP contribution in [0.1, 0.15) is 37.9 Å². The minimum absolute atomic E-state index is 0.209. The van der Waals surface area contributed by atoms with E-state index in [-0.39, 0.29) is 17.6 Å². The molecule has 2 aromatic carbocycles. The van der Waals surface area contributed by atoms with Crippen molar-refractivity contribution in [1.82, 2.24) is 14.9 Å². The fraction of sp³-hybridized carbons (Fsp3) is 0.160. The van der Waals surface area contributed by atoms with Crippen LogP contribution in [0.4, 0.5) is 5.69 Å². The van der Waals surface area contributed by atoms with Crippen LogP contribution >= 0.6 is 0 Å². The van der Waals surface area contributed by atoms with Gasteiger partial charge in [0.1, 0.15) is 5.82 Å². The molecular weight excluding hydrogens is 404 g/mol. The summed E-state index contributed by atoms with van der Waals surface area (Å²) in [5.74, 6) is 0.551.